The minimum atomic E-state index is 0. The summed E-state index contributed by atoms with van der Waals surface area (Å²) in [6.45, 7) is 4.62. The van der Waals surface area contributed by atoms with Gasteiger partial charge in [0.1, 0.15) is 0 Å². The van der Waals surface area contributed by atoms with E-state index in [0.717, 1.165) is 12.8 Å². The molecule has 0 aromatic heterocycles. The van der Waals surface area contributed by atoms with Gasteiger partial charge in [-0.15, -0.1) is 11.1 Å². The van der Waals surface area contributed by atoms with Crippen molar-refractivity contribution >= 4 is 5.43 Å². The smallest absolute Gasteiger partial charge is 0.0253 e. The van der Waals surface area contributed by atoms with Gasteiger partial charge in [-0.1, -0.05) is 70.8 Å². The molecule has 2 heteroatoms. The van der Waals surface area contributed by atoms with Gasteiger partial charge in [0.2, 0.25) is 0 Å². The standard InChI is InChI=1S/2C13H9.C2H6Si.2CH3.Zr/c2*1-3-7-12-10(5-1)9-11-6-2-4-8-13(11)12;1-3-2;;;/h2*1-5,7-8H,9H2;1-2H3;2*1H3;/q2*-1;;2*-1;. The molecule has 0 spiro atoms. The maximum absolute atomic E-state index is 3.30. The predicted octanol–water partition coefficient (Wildman–Crippen LogP) is 7.80. The molecule has 32 heavy (non-hydrogen) atoms. The van der Waals surface area contributed by atoms with Crippen molar-refractivity contribution in [3.63, 3.8) is 0 Å². The Bertz CT molecular complexity index is 1010. The summed E-state index contributed by atoms with van der Waals surface area (Å²) in [6.07, 6.45) is 2.10. The molecular weight excluding hydrogens is 480 g/mol. The van der Waals surface area contributed by atoms with E-state index in [1.54, 1.807) is 23.3 Å². The van der Waals surface area contributed by atoms with Gasteiger partial charge in [0.15, 0.2) is 0 Å². The summed E-state index contributed by atoms with van der Waals surface area (Å²) in [5.41, 5.74) is 11.2. The predicted molar refractivity (Wildman–Crippen MR) is 137 cm³/mol. The summed E-state index contributed by atoms with van der Waals surface area (Å²) in [4.78, 5) is 0. The van der Waals surface area contributed by atoms with E-state index in [4.69, 9.17) is 0 Å². The van der Waals surface area contributed by atoms with Gasteiger partial charge >= 0.3 is 41.9 Å². The van der Waals surface area contributed by atoms with Gasteiger partial charge in [-0.05, 0) is 12.8 Å². The Balaban J connectivity index is 0.000000185. The minimum Gasteiger partial charge on any atom is -0.358 e. The van der Waals surface area contributed by atoms with Gasteiger partial charge in [0, 0.05) is 0 Å². The molecule has 0 unspecified atom stereocenters. The third-order valence-corrected chi connectivity index (χ3v) is 5.23. The van der Waals surface area contributed by atoms with Gasteiger partial charge in [0.05, 0.1) is 0 Å². The molecule has 0 fully saturated rings. The topological polar surface area (TPSA) is 0 Å². The molecule has 0 radical (unpaired) electrons. The van der Waals surface area contributed by atoms with Crippen molar-refractivity contribution in [3.8, 4) is 22.3 Å². The van der Waals surface area contributed by atoms with Crippen LogP contribution in [0.1, 0.15) is 22.3 Å². The fourth-order valence-corrected chi connectivity index (χ4v) is 4.00. The van der Waals surface area contributed by atoms with Crippen LogP contribution in [0, 0.1) is 27.0 Å². The Morgan fingerprint density at radius 3 is 1.34 bits per heavy atom. The summed E-state index contributed by atoms with van der Waals surface area (Å²) in [5.74, 6) is 0. The van der Waals surface area contributed by atoms with Gasteiger partial charge < -0.3 is 14.9 Å². The zero-order valence-electron chi connectivity index (χ0n) is 19.5. The normalized spacial score (nSPS) is 10.8. The van der Waals surface area contributed by atoms with Gasteiger partial charge in [0.25, 0.3) is 0 Å². The van der Waals surface area contributed by atoms with E-state index in [2.05, 4.69) is 98.0 Å². The van der Waals surface area contributed by atoms with Crippen LogP contribution in [0.2, 0.25) is 13.1 Å². The van der Waals surface area contributed by atoms with Crippen molar-refractivity contribution < 1.29 is 23.3 Å². The number of fused-ring (bicyclic) bond motifs is 6. The SMILES string of the molecule is C[Si](C)=[Zr].[CH3-].[CH3-].[c-]1cccc2c1Cc1ccccc1-2.[c-]1cccc2c1Cc1ccccc1-2. The Morgan fingerprint density at radius 2 is 0.938 bits per heavy atom. The summed E-state index contributed by atoms with van der Waals surface area (Å²) in [6, 6.07) is 36.2. The molecule has 0 amide bonds. The summed E-state index contributed by atoms with van der Waals surface area (Å²) in [5, 5.41) is 0. The maximum Gasteiger partial charge on any atom is -0.0253 e. The minimum absolute atomic E-state index is 0. The van der Waals surface area contributed by atoms with Crippen LogP contribution in [0.5, 0.6) is 0 Å². The number of rotatable bonds is 0. The van der Waals surface area contributed by atoms with Crippen LogP contribution in [0.3, 0.4) is 0 Å². The van der Waals surface area contributed by atoms with E-state index in [0.29, 0.717) is 0 Å². The first-order chi connectivity index (χ1) is 14.6. The molecule has 0 saturated carbocycles. The average molecular weight is 510 g/mol. The summed E-state index contributed by atoms with van der Waals surface area (Å²) < 4.78 is 0. The first kappa shape index (κ1) is 26.2. The van der Waals surface area contributed by atoms with E-state index in [1.165, 1.54) is 44.5 Å². The fraction of sp³-hybridized carbons (Fsp3) is 0.133. The van der Waals surface area contributed by atoms with Crippen molar-refractivity contribution in [2.45, 2.75) is 25.9 Å². The second kappa shape index (κ2) is 12.3. The number of hydrogen-bond donors (Lipinski definition) is 0. The van der Waals surface area contributed by atoms with Crippen molar-refractivity contribution in [3.05, 3.63) is 134 Å². The summed E-state index contributed by atoms with van der Waals surface area (Å²) >= 11 is 1.74. The number of hydrogen-bond acceptors (Lipinski definition) is 0. The molecule has 0 nitrogen and oxygen atoms in total. The Kier molecular flexibility index (Phi) is 10.1. The van der Waals surface area contributed by atoms with E-state index in [-0.39, 0.29) is 20.3 Å². The van der Waals surface area contributed by atoms with Crippen molar-refractivity contribution in [1.82, 2.24) is 0 Å². The van der Waals surface area contributed by atoms with Gasteiger partial charge in [-0.2, -0.15) is 59.7 Å². The van der Waals surface area contributed by atoms with Gasteiger partial charge in [-0.3, -0.25) is 0 Å². The Hall–Kier alpha value is -2.02. The molecule has 0 saturated heterocycles. The van der Waals surface area contributed by atoms with Crippen LogP contribution in [0.15, 0.2) is 84.9 Å². The van der Waals surface area contributed by atoms with Crippen molar-refractivity contribution in [1.29, 1.82) is 0 Å². The summed E-state index contributed by atoms with van der Waals surface area (Å²) in [7, 11) is 0. The molecule has 0 aliphatic heterocycles. The van der Waals surface area contributed by atoms with Crippen LogP contribution in [0.25, 0.3) is 22.3 Å². The third kappa shape index (κ3) is 6.06. The van der Waals surface area contributed by atoms with Gasteiger partial charge in [-0.25, -0.2) is 0 Å². The van der Waals surface area contributed by atoms with E-state index in [1.807, 2.05) is 12.1 Å². The molecule has 4 aromatic rings. The van der Waals surface area contributed by atoms with Crippen molar-refractivity contribution in [2.24, 2.45) is 0 Å². The molecular formula is C30H30SiZr-4. The molecule has 0 heterocycles. The fourth-order valence-electron chi connectivity index (χ4n) is 4.00. The Morgan fingerprint density at radius 1 is 0.594 bits per heavy atom. The maximum atomic E-state index is 3.30. The first-order valence-electron chi connectivity index (χ1n) is 10.3. The zero-order valence-corrected chi connectivity index (χ0v) is 23.0. The van der Waals surface area contributed by atoms with Crippen LogP contribution in [-0.4, -0.2) is 5.43 Å². The molecule has 6 rings (SSSR count). The Labute approximate surface area is 210 Å². The average Bonchev–Trinajstić information content (AvgIpc) is 3.32. The zero-order chi connectivity index (χ0) is 20.9. The van der Waals surface area contributed by atoms with Crippen LogP contribution >= 0.6 is 0 Å². The molecule has 162 valence electrons. The van der Waals surface area contributed by atoms with E-state index >= 15 is 0 Å². The molecule has 0 bridgehead atoms. The second-order valence-corrected chi connectivity index (χ2v) is 17.2. The molecule has 4 aromatic carbocycles. The monoisotopic (exact) mass is 508 g/mol. The largest absolute Gasteiger partial charge is 0.358 e. The van der Waals surface area contributed by atoms with Crippen LogP contribution < -0.4 is 0 Å². The number of benzene rings is 4. The third-order valence-electron chi connectivity index (χ3n) is 5.23. The van der Waals surface area contributed by atoms with Crippen LogP contribution in [0.4, 0.5) is 0 Å². The molecule has 2 aliphatic carbocycles. The second-order valence-electron chi connectivity index (χ2n) is 7.79. The van der Waals surface area contributed by atoms with E-state index in [9.17, 15) is 0 Å². The molecule has 0 N–H and O–H groups in total. The quantitative estimate of drug-likeness (QED) is 0.145. The van der Waals surface area contributed by atoms with Crippen LogP contribution in [-0.2, 0) is 36.2 Å². The first-order valence-corrected chi connectivity index (χ1v) is 16.5. The molecule has 0 atom stereocenters. The van der Waals surface area contributed by atoms with E-state index < -0.39 is 0 Å². The van der Waals surface area contributed by atoms with Crippen molar-refractivity contribution in [2.75, 3.05) is 0 Å². The molecule has 2 aliphatic rings.